The lowest BCUT2D eigenvalue weighted by molar-refractivity contribution is -0.142. The molecule has 0 bridgehead atoms. The molecule has 4 aromatic rings. The maximum absolute atomic E-state index is 13.8. The van der Waals surface area contributed by atoms with Crippen molar-refractivity contribution in [2.75, 3.05) is 0 Å². The van der Waals surface area contributed by atoms with Crippen molar-refractivity contribution in [3.63, 3.8) is 0 Å². The largest absolute Gasteiger partial charge is 0.434 e. The first-order valence-corrected chi connectivity index (χ1v) is 8.45. The van der Waals surface area contributed by atoms with Gasteiger partial charge >= 0.3 is 6.18 Å². The molecular formula is C17H8Cl2F3N5O. The number of nitrogens with zero attached hydrogens (tertiary/aromatic N) is 5. The molecule has 0 aliphatic heterocycles. The Bertz CT molecular complexity index is 1120. The Morgan fingerprint density at radius 3 is 2.43 bits per heavy atom. The molecule has 0 atom stereocenters. The molecular weight excluding hydrogens is 418 g/mol. The highest BCUT2D eigenvalue weighted by Crippen LogP contribution is 2.40. The van der Waals surface area contributed by atoms with Crippen LogP contribution < -0.4 is 0 Å². The Hall–Kier alpha value is -2.91. The summed E-state index contributed by atoms with van der Waals surface area (Å²) in [5.74, 6) is -0.130. The SMILES string of the molecule is FC(F)(F)c1c(-c2cc(-c3c(Cl)cncc3Cl)no2)cnn1-c1ccccn1. The van der Waals surface area contributed by atoms with Crippen LogP contribution in [0.2, 0.25) is 10.0 Å². The third-order valence-corrected chi connectivity index (χ3v) is 4.36. The van der Waals surface area contributed by atoms with E-state index in [0.29, 0.717) is 10.2 Å². The van der Waals surface area contributed by atoms with E-state index in [0.717, 1.165) is 6.20 Å². The van der Waals surface area contributed by atoms with Gasteiger partial charge in [-0.25, -0.2) is 9.67 Å². The van der Waals surface area contributed by atoms with E-state index in [1.165, 1.54) is 30.7 Å². The number of hydrogen-bond acceptors (Lipinski definition) is 5. The van der Waals surface area contributed by atoms with Crippen molar-refractivity contribution in [2.24, 2.45) is 0 Å². The quantitative estimate of drug-likeness (QED) is 0.444. The number of hydrogen-bond donors (Lipinski definition) is 0. The van der Waals surface area contributed by atoms with E-state index in [1.807, 2.05) is 0 Å². The average molecular weight is 426 g/mol. The highest BCUT2D eigenvalue weighted by Gasteiger charge is 2.40. The first-order chi connectivity index (χ1) is 13.4. The van der Waals surface area contributed by atoms with E-state index < -0.39 is 11.9 Å². The fourth-order valence-corrected chi connectivity index (χ4v) is 3.19. The van der Waals surface area contributed by atoms with Crippen molar-refractivity contribution >= 4 is 23.2 Å². The maximum Gasteiger partial charge on any atom is 0.434 e. The van der Waals surface area contributed by atoms with Crippen LogP contribution in [0.4, 0.5) is 13.2 Å². The van der Waals surface area contributed by atoms with Gasteiger partial charge in [0.1, 0.15) is 5.69 Å². The van der Waals surface area contributed by atoms with Crippen LogP contribution in [-0.4, -0.2) is 24.9 Å². The van der Waals surface area contributed by atoms with Gasteiger partial charge in [-0.3, -0.25) is 4.98 Å². The van der Waals surface area contributed by atoms with Crippen LogP contribution in [0.5, 0.6) is 0 Å². The van der Waals surface area contributed by atoms with E-state index in [1.54, 1.807) is 12.1 Å². The molecule has 142 valence electrons. The second-order valence-corrected chi connectivity index (χ2v) is 6.37. The van der Waals surface area contributed by atoms with Crippen molar-refractivity contribution in [2.45, 2.75) is 6.18 Å². The molecule has 0 spiro atoms. The Kier molecular flexibility index (Phi) is 4.56. The summed E-state index contributed by atoms with van der Waals surface area (Å²) in [5.41, 5.74) is -0.857. The zero-order valence-corrected chi connectivity index (χ0v) is 15.2. The van der Waals surface area contributed by atoms with E-state index >= 15 is 0 Å². The topological polar surface area (TPSA) is 69.6 Å². The van der Waals surface area contributed by atoms with Gasteiger partial charge in [0.05, 0.1) is 21.8 Å². The molecule has 4 heterocycles. The lowest BCUT2D eigenvalue weighted by Gasteiger charge is -2.10. The van der Waals surface area contributed by atoms with Crippen LogP contribution >= 0.6 is 23.2 Å². The number of alkyl halides is 3. The lowest BCUT2D eigenvalue weighted by Crippen LogP contribution is -2.15. The van der Waals surface area contributed by atoms with Crippen LogP contribution in [-0.2, 0) is 6.18 Å². The zero-order chi connectivity index (χ0) is 19.9. The molecule has 0 fully saturated rings. The third kappa shape index (κ3) is 3.23. The van der Waals surface area contributed by atoms with Crippen molar-refractivity contribution in [3.8, 4) is 28.4 Å². The minimum Gasteiger partial charge on any atom is -0.356 e. The molecule has 0 aliphatic carbocycles. The minimum absolute atomic E-state index is 0.0148. The molecule has 0 aromatic carbocycles. The summed E-state index contributed by atoms with van der Waals surface area (Å²) >= 11 is 12.1. The van der Waals surface area contributed by atoms with Gasteiger partial charge in [-0.15, -0.1) is 0 Å². The molecule has 0 radical (unpaired) electrons. The summed E-state index contributed by atoms with van der Waals surface area (Å²) in [6.45, 7) is 0. The van der Waals surface area contributed by atoms with Crippen molar-refractivity contribution in [1.29, 1.82) is 0 Å². The molecule has 0 N–H and O–H groups in total. The standard InChI is InChI=1S/C17H8Cl2F3N5O/c18-10-7-23-8-11(19)15(10)12-5-13(28-26-12)9-6-25-27(16(9)17(20,21)22)14-3-1-2-4-24-14/h1-8H. The minimum atomic E-state index is -4.72. The molecule has 0 saturated heterocycles. The third-order valence-electron chi connectivity index (χ3n) is 3.79. The molecule has 4 aromatic heterocycles. The fourth-order valence-electron chi connectivity index (χ4n) is 2.63. The van der Waals surface area contributed by atoms with Crippen LogP contribution in [0.25, 0.3) is 28.4 Å². The predicted octanol–water partition coefficient (Wildman–Crippen LogP) is 5.31. The van der Waals surface area contributed by atoms with Gasteiger partial charge in [-0.1, -0.05) is 34.4 Å². The molecule has 0 amide bonds. The van der Waals surface area contributed by atoms with Gasteiger partial charge in [0.25, 0.3) is 0 Å². The van der Waals surface area contributed by atoms with E-state index in [-0.39, 0.29) is 32.9 Å². The van der Waals surface area contributed by atoms with E-state index in [2.05, 4.69) is 20.2 Å². The Labute approximate surface area is 165 Å². The highest BCUT2D eigenvalue weighted by molar-refractivity contribution is 6.38. The normalized spacial score (nSPS) is 11.8. The molecule has 11 heteroatoms. The number of rotatable bonds is 3. The lowest BCUT2D eigenvalue weighted by atomic mass is 10.1. The van der Waals surface area contributed by atoms with Gasteiger partial charge in [0.2, 0.25) is 0 Å². The molecule has 0 saturated carbocycles. The Balaban J connectivity index is 1.85. The number of aromatic nitrogens is 5. The smallest absolute Gasteiger partial charge is 0.356 e. The average Bonchev–Trinajstić information content (AvgIpc) is 3.29. The summed E-state index contributed by atoms with van der Waals surface area (Å²) in [5, 5.41) is 8.00. The summed E-state index contributed by atoms with van der Waals surface area (Å²) in [6.07, 6.45) is 0.380. The summed E-state index contributed by atoms with van der Waals surface area (Å²) < 4.78 is 47.1. The van der Waals surface area contributed by atoms with Crippen molar-refractivity contribution in [1.82, 2.24) is 24.9 Å². The molecule has 0 unspecified atom stereocenters. The first kappa shape index (κ1) is 18.5. The van der Waals surface area contributed by atoms with Gasteiger partial charge in [-0.2, -0.15) is 18.3 Å². The van der Waals surface area contributed by atoms with Crippen molar-refractivity contribution < 1.29 is 17.7 Å². The van der Waals surface area contributed by atoms with Crippen LogP contribution in [0.3, 0.4) is 0 Å². The van der Waals surface area contributed by atoms with E-state index in [9.17, 15) is 13.2 Å². The van der Waals surface area contributed by atoms with Gasteiger partial charge < -0.3 is 4.52 Å². The highest BCUT2D eigenvalue weighted by atomic mass is 35.5. The van der Waals surface area contributed by atoms with Crippen molar-refractivity contribution in [3.05, 3.63) is 64.8 Å². The van der Waals surface area contributed by atoms with Crippen LogP contribution in [0, 0.1) is 0 Å². The number of pyridine rings is 2. The zero-order valence-electron chi connectivity index (χ0n) is 13.7. The van der Waals surface area contributed by atoms with Gasteiger partial charge in [0.15, 0.2) is 17.3 Å². The first-order valence-electron chi connectivity index (χ1n) is 7.69. The molecule has 0 aliphatic rings. The van der Waals surface area contributed by atoms with Crippen LogP contribution in [0.1, 0.15) is 5.69 Å². The molecule has 4 rings (SSSR count). The molecule has 28 heavy (non-hydrogen) atoms. The molecule has 6 nitrogen and oxygen atoms in total. The van der Waals surface area contributed by atoms with E-state index in [4.69, 9.17) is 27.7 Å². The summed E-state index contributed by atoms with van der Waals surface area (Å²) in [4.78, 5) is 7.75. The Morgan fingerprint density at radius 1 is 1.04 bits per heavy atom. The van der Waals surface area contributed by atoms with Gasteiger partial charge in [-0.05, 0) is 12.1 Å². The summed E-state index contributed by atoms with van der Waals surface area (Å²) in [7, 11) is 0. The number of halogens is 5. The monoisotopic (exact) mass is 425 g/mol. The second kappa shape index (κ2) is 6.92. The van der Waals surface area contributed by atoms with Crippen LogP contribution in [0.15, 0.2) is 53.6 Å². The summed E-state index contributed by atoms with van der Waals surface area (Å²) in [6, 6.07) is 5.87. The van der Waals surface area contributed by atoms with Gasteiger partial charge in [0, 0.05) is 30.2 Å². The predicted molar refractivity (Wildman–Crippen MR) is 95.1 cm³/mol. The Morgan fingerprint density at radius 2 is 1.79 bits per heavy atom. The fraction of sp³-hybridized carbons (Fsp3) is 0.0588. The second-order valence-electron chi connectivity index (χ2n) is 5.56. The maximum atomic E-state index is 13.8.